The van der Waals surface area contributed by atoms with E-state index in [2.05, 4.69) is 10.3 Å². The number of amides is 2. The molecule has 1 fully saturated rings. The lowest BCUT2D eigenvalue weighted by atomic mass is 10.0. The first-order valence-electron chi connectivity index (χ1n) is 10.1. The zero-order chi connectivity index (χ0) is 20.8. The summed E-state index contributed by atoms with van der Waals surface area (Å²) in [5, 5.41) is 5.97. The van der Waals surface area contributed by atoms with Gasteiger partial charge in [-0.2, -0.15) is 0 Å². The van der Waals surface area contributed by atoms with Crippen molar-refractivity contribution in [1.29, 1.82) is 0 Å². The van der Waals surface area contributed by atoms with Crippen molar-refractivity contribution in [2.75, 3.05) is 13.1 Å². The summed E-state index contributed by atoms with van der Waals surface area (Å²) < 4.78 is 5.95. The lowest BCUT2D eigenvalue weighted by molar-refractivity contribution is -0.137. The maximum Gasteiger partial charge on any atom is 0.245 e. The van der Waals surface area contributed by atoms with Gasteiger partial charge in [-0.05, 0) is 24.8 Å². The van der Waals surface area contributed by atoms with E-state index in [0.717, 1.165) is 22.7 Å². The Morgan fingerprint density at radius 1 is 1.31 bits per heavy atom. The van der Waals surface area contributed by atoms with Gasteiger partial charge in [-0.3, -0.25) is 9.59 Å². The Kier molecular flexibility index (Phi) is 7.39. The molecule has 1 aliphatic rings. The van der Waals surface area contributed by atoms with Crippen molar-refractivity contribution in [2.45, 2.75) is 52.4 Å². The molecule has 0 saturated carbocycles. The summed E-state index contributed by atoms with van der Waals surface area (Å²) in [6, 6.07) is 9.04. The van der Waals surface area contributed by atoms with E-state index in [-0.39, 0.29) is 30.3 Å². The minimum atomic E-state index is -0.522. The molecule has 7 heteroatoms. The molecule has 2 aromatic rings. The highest BCUT2D eigenvalue weighted by molar-refractivity contribution is 7.09. The smallest absolute Gasteiger partial charge is 0.245 e. The van der Waals surface area contributed by atoms with Crippen LogP contribution in [0.5, 0.6) is 0 Å². The molecular weight excluding hydrogens is 386 g/mol. The molecule has 1 N–H and O–H groups in total. The van der Waals surface area contributed by atoms with Crippen molar-refractivity contribution in [3.8, 4) is 0 Å². The summed E-state index contributed by atoms with van der Waals surface area (Å²) in [5.41, 5.74) is 1.87. The number of hydrogen-bond donors (Lipinski definition) is 1. The number of aryl methyl sites for hydroxylation is 1. The largest absolute Gasteiger partial charge is 0.370 e. The van der Waals surface area contributed by atoms with Gasteiger partial charge in [0.25, 0.3) is 0 Å². The van der Waals surface area contributed by atoms with Gasteiger partial charge in [0.15, 0.2) is 0 Å². The fourth-order valence-corrected chi connectivity index (χ4v) is 4.06. The zero-order valence-corrected chi connectivity index (χ0v) is 18.1. The molecule has 0 aliphatic carbocycles. The Labute approximate surface area is 176 Å². The van der Waals surface area contributed by atoms with E-state index in [1.54, 1.807) is 11.3 Å². The number of rotatable bonds is 8. The molecule has 0 bridgehead atoms. The van der Waals surface area contributed by atoms with Gasteiger partial charge < -0.3 is 15.0 Å². The second kappa shape index (κ2) is 9.98. The topological polar surface area (TPSA) is 71.5 Å². The third kappa shape index (κ3) is 6.11. The van der Waals surface area contributed by atoms with Crippen molar-refractivity contribution in [3.63, 3.8) is 0 Å². The van der Waals surface area contributed by atoms with Crippen LogP contribution < -0.4 is 5.32 Å². The van der Waals surface area contributed by atoms with Gasteiger partial charge in [0.2, 0.25) is 11.8 Å². The van der Waals surface area contributed by atoms with Crippen LogP contribution in [0.15, 0.2) is 35.7 Å². The maximum atomic E-state index is 13.0. The van der Waals surface area contributed by atoms with Crippen LogP contribution in [0.3, 0.4) is 0 Å². The third-order valence-corrected chi connectivity index (χ3v) is 5.87. The first kappa shape index (κ1) is 21.5. The summed E-state index contributed by atoms with van der Waals surface area (Å²) in [7, 11) is 0. The maximum absolute atomic E-state index is 13.0. The number of thiazole rings is 1. The number of nitrogens with one attached hydrogen (secondary N) is 1. The van der Waals surface area contributed by atoms with Crippen molar-refractivity contribution in [2.24, 2.45) is 5.92 Å². The van der Waals surface area contributed by atoms with Crippen LogP contribution in [0.2, 0.25) is 0 Å². The molecule has 6 nitrogen and oxygen atoms in total. The molecule has 1 aromatic carbocycles. The second-order valence-electron chi connectivity index (χ2n) is 7.82. The Balaban J connectivity index is 1.51. The Hall–Kier alpha value is -2.25. The van der Waals surface area contributed by atoms with Gasteiger partial charge >= 0.3 is 0 Å². The predicted octanol–water partition coefficient (Wildman–Crippen LogP) is 2.95. The first-order chi connectivity index (χ1) is 13.9. The molecule has 3 rings (SSSR count). The summed E-state index contributed by atoms with van der Waals surface area (Å²) in [5.74, 6) is -0.147. The second-order valence-corrected chi connectivity index (χ2v) is 8.88. The van der Waals surface area contributed by atoms with Crippen molar-refractivity contribution in [1.82, 2.24) is 15.2 Å². The predicted molar refractivity (Wildman–Crippen MR) is 114 cm³/mol. The normalized spacial score (nSPS) is 17.5. The van der Waals surface area contributed by atoms with Crippen LogP contribution in [0.4, 0.5) is 0 Å². The molecular formula is C22H29N3O3S. The van der Waals surface area contributed by atoms with Gasteiger partial charge in [-0.1, -0.05) is 44.2 Å². The minimum Gasteiger partial charge on any atom is -0.370 e. The third-order valence-electron chi connectivity index (χ3n) is 5.05. The van der Waals surface area contributed by atoms with E-state index in [9.17, 15) is 9.59 Å². The molecule has 1 aliphatic heterocycles. The number of carbonyl (C=O) groups is 2. The van der Waals surface area contributed by atoms with E-state index in [4.69, 9.17) is 4.74 Å². The van der Waals surface area contributed by atoms with Crippen molar-refractivity contribution in [3.05, 3.63) is 52.0 Å². The standard InChI is InChI=1S/C22H29N3O3S/c1-15(2)21(24-20(26)11-17-7-5-4-6-8-17)22(27)25-10-9-19(12-25)28-13-18-14-29-16(3)23-18/h4-8,14-15,19,21H,9-13H2,1-3H3,(H,24,26)/t19-,21-/m1/s1. The Morgan fingerprint density at radius 2 is 2.07 bits per heavy atom. The number of likely N-dealkylation sites (tertiary alicyclic amines) is 1. The van der Waals surface area contributed by atoms with Gasteiger partial charge in [-0.25, -0.2) is 4.98 Å². The minimum absolute atomic E-state index is 0.00814. The van der Waals surface area contributed by atoms with Crippen LogP contribution in [0, 0.1) is 12.8 Å². The molecule has 2 heterocycles. The number of aromatic nitrogens is 1. The molecule has 0 spiro atoms. The number of hydrogen-bond acceptors (Lipinski definition) is 5. The molecule has 2 atom stereocenters. The fraction of sp³-hybridized carbons (Fsp3) is 0.500. The quantitative estimate of drug-likeness (QED) is 0.720. The van der Waals surface area contributed by atoms with Crippen molar-refractivity contribution >= 4 is 23.2 Å². The molecule has 0 radical (unpaired) electrons. The van der Waals surface area contributed by atoms with Crippen LogP contribution >= 0.6 is 11.3 Å². The summed E-state index contributed by atoms with van der Waals surface area (Å²) in [6.45, 7) is 7.57. The zero-order valence-electron chi connectivity index (χ0n) is 17.3. The number of carbonyl (C=O) groups excluding carboxylic acids is 2. The van der Waals surface area contributed by atoms with Crippen LogP contribution in [0.25, 0.3) is 0 Å². The van der Waals surface area contributed by atoms with Gasteiger partial charge in [-0.15, -0.1) is 11.3 Å². The number of ether oxygens (including phenoxy) is 1. The van der Waals surface area contributed by atoms with E-state index < -0.39 is 6.04 Å². The number of nitrogens with zero attached hydrogens (tertiary/aromatic N) is 2. The lowest BCUT2D eigenvalue weighted by Crippen LogP contribution is -2.51. The summed E-state index contributed by atoms with van der Waals surface area (Å²) >= 11 is 1.61. The molecule has 1 saturated heterocycles. The van der Waals surface area contributed by atoms with Crippen LogP contribution in [-0.4, -0.2) is 46.9 Å². The summed E-state index contributed by atoms with van der Waals surface area (Å²) in [4.78, 5) is 31.7. The molecule has 29 heavy (non-hydrogen) atoms. The first-order valence-corrected chi connectivity index (χ1v) is 10.9. The Bertz CT molecular complexity index is 822. The molecule has 0 unspecified atom stereocenters. The van der Waals surface area contributed by atoms with Gasteiger partial charge in [0, 0.05) is 18.5 Å². The fourth-order valence-electron chi connectivity index (χ4n) is 3.46. The highest BCUT2D eigenvalue weighted by atomic mass is 32.1. The summed E-state index contributed by atoms with van der Waals surface area (Å²) in [6.07, 6.45) is 1.09. The van der Waals surface area contributed by atoms with Crippen LogP contribution in [-0.2, 0) is 27.4 Å². The molecule has 1 aromatic heterocycles. The van der Waals surface area contributed by atoms with Gasteiger partial charge in [0.05, 0.1) is 29.8 Å². The average Bonchev–Trinajstić information content (AvgIpc) is 3.33. The average molecular weight is 416 g/mol. The SMILES string of the molecule is Cc1nc(CO[C@@H]2CCN(C(=O)[C@H](NC(=O)Cc3ccccc3)C(C)C)C2)cs1. The van der Waals surface area contributed by atoms with Gasteiger partial charge in [0.1, 0.15) is 6.04 Å². The lowest BCUT2D eigenvalue weighted by Gasteiger charge is -2.27. The van der Waals surface area contributed by atoms with Crippen molar-refractivity contribution < 1.29 is 14.3 Å². The Morgan fingerprint density at radius 3 is 2.72 bits per heavy atom. The highest BCUT2D eigenvalue weighted by Gasteiger charge is 2.33. The van der Waals surface area contributed by atoms with E-state index >= 15 is 0 Å². The van der Waals surface area contributed by atoms with Crippen LogP contribution in [0.1, 0.15) is 36.5 Å². The molecule has 156 valence electrons. The number of benzene rings is 1. The highest BCUT2D eigenvalue weighted by Crippen LogP contribution is 2.18. The monoisotopic (exact) mass is 415 g/mol. The van der Waals surface area contributed by atoms with E-state index in [0.29, 0.717) is 19.7 Å². The van der Waals surface area contributed by atoms with E-state index in [1.807, 2.05) is 61.4 Å². The van der Waals surface area contributed by atoms with E-state index in [1.165, 1.54) is 0 Å². The molecule has 2 amide bonds.